The van der Waals surface area contributed by atoms with E-state index in [-0.39, 0.29) is 12.5 Å². The van der Waals surface area contributed by atoms with Gasteiger partial charge in [-0.15, -0.1) is 0 Å². The predicted molar refractivity (Wildman–Crippen MR) is 88.6 cm³/mol. The molecule has 2 aromatic rings. The van der Waals surface area contributed by atoms with Gasteiger partial charge in [0.05, 0.1) is 11.8 Å². The van der Waals surface area contributed by atoms with E-state index in [1.807, 2.05) is 6.07 Å². The Labute approximate surface area is 144 Å². The number of rotatable bonds is 6. The van der Waals surface area contributed by atoms with Gasteiger partial charge in [0.2, 0.25) is 5.91 Å². The molecule has 0 spiro atoms. The molecule has 1 aliphatic rings. The minimum atomic E-state index is -0.929. The van der Waals surface area contributed by atoms with Crippen LogP contribution in [0.3, 0.4) is 0 Å². The van der Waals surface area contributed by atoms with Gasteiger partial charge in [0.25, 0.3) is 0 Å². The number of hydrogen-bond donors (Lipinski definition) is 2. The summed E-state index contributed by atoms with van der Waals surface area (Å²) in [6, 6.07) is 12.9. The van der Waals surface area contributed by atoms with Crippen molar-refractivity contribution in [3.63, 3.8) is 0 Å². The summed E-state index contributed by atoms with van der Waals surface area (Å²) < 4.78 is 19.0. The summed E-state index contributed by atoms with van der Waals surface area (Å²) in [5.74, 6) is -1.79. The fourth-order valence-electron chi connectivity index (χ4n) is 2.83. The van der Waals surface area contributed by atoms with Crippen molar-refractivity contribution < 1.29 is 23.8 Å². The van der Waals surface area contributed by atoms with Crippen molar-refractivity contribution in [1.29, 1.82) is 0 Å². The van der Waals surface area contributed by atoms with Gasteiger partial charge in [0.15, 0.2) is 0 Å². The van der Waals surface area contributed by atoms with Crippen molar-refractivity contribution >= 4 is 11.9 Å². The molecule has 3 rings (SSSR count). The van der Waals surface area contributed by atoms with Crippen molar-refractivity contribution in [3.05, 3.63) is 59.9 Å². The first-order valence-electron chi connectivity index (χ1n) is 8.06. The van der Waals surface area contributed by atoms with Crippen LogP contribution in [0.1, 0.15) is 18.4 Å². The van der Waals surface area contributed by atoms with Crippen LogP contribution in [0.25, 0.3) is 0 Å². The molecule has 2 aromatic carbocycles. The summed E-state index contributed by atoms with van der Waals surface area (Å²) in [4.78, 5) is 23.2. The fourth-order valence-corrected chi connectivity index (χ4v) is 2.83. The SMILES string of the molecule is O=C(O)[C@@H]1CC[C@H]1C(=O)NCc1ccccc1Oc1cccc(F)c1. The lowest BCUT2D eigenvalue weighted by molar-refractivity contribution is -0.152. The second kappa shape index (κ2) is 7.34. The average molecular weight is 343 g/mol. The summed E-state index contributed by atoms with van der Waals surface area (Å²) >= 11 is 0. The maximum Gasteiger partial charge on any atom is 0.307 e. The molecule has 1 aliphatic carbocycles. The number of carboxylic acid groups (broad SMARTS) is 1. The second-order valence-electron chi connectivity index (χ2n) is 6.01. The summed E-state index contributed by atoms with van der Waals surface area (Å²) in [6.45, 7) is 0.215. The number of benzene rings is 2. The topological polar surface area (TPSA) is 75.6 Å². The van der Waals surface area contributed by atoms with Gasteiger partial charge in [-0.1, -0.05) is 24.3 Å². The van der Waals surface area contributed by atoms with Gasteiger partial charge >= 0.3 is 5.97 Å². The number of hydrogen-bond acceptors (Lipinski definition) is 3. The van der Waals surface area contributed by atoms with Crippen LogP contribution >= 0.6 is 0 Å². The van der Waals surface area contributed by atoms with E-state index in [0.29, 0.717) is 24.3 Å². The molecule has 130 valence electrons. The zero-order valence-corrected chi connectivity index (χ0v) is 13.4. The largest absolute Gasteiger partial charge is 0.481 e. The molecule has 1 fully saturated rings. The van der Waals surface area contributed by atoms with Gasteiger partial charge < -0.3 is 15.2 Å². The Hall–Kier alpha value is -2.89. The number of para-hydroxylation sites is 1. The quantitative estimate of drug-likeness (QED) is 0.843. The van der Waals surface area contributed by atoms with E-state index in [9.17, 15) is 14.0 Å². The molecular formula is C19H18FNO4. The second-order valence-corrected chi connectivity index (χ2v) is 6.01. The standard InChI is InChI=1S/C19H18FNO4/c20-13-5-3-6-14(10-13)25-17-7-2-1-4-12(17)11-21-18(22)15-8-9-16(15)19(23)24/h1-7,10,15-16H,8-9,11H2,(H,21,22)(H,23,24)/t15-,16-/m1/s1. The molecule has 0 aliphatic heterocycles. The van der Waals surface area contributed by atoms with Crippen LogP contribution in [0.4, 0.5) is 4.39 Å². The molecule has 25 heavy (non-hydrogen) atoms. The third-order valence-corrected chi connectivity index (χ3v) is 4.38. The highest BCUT2D eigenvalue weighted by atomic mass is 19.1. The van der Waals surface area contributed by atoms with Crippen molar-refractivity contribution in [1.82, 2.24) is 5.32 Å². The highest BCUT2D eigenvalue weighted by Gasteiger charge is 2.41. The molecule has 5 nitrogen and oxygen atoms in total. The van der Waals surface area contributed by atoms with Crippen LogP contribution in [0.15, 0.2) is 48.5 Å². The maximum absolute atomic E-state index is 13.3. The lowest BCUT2D eigenvalue weighted by Crippen LogP contribution is -2.43. The summed E-state index contributed by atoms with van der Waals surface area (Å²) in [7, 11) is 0. The Morgan fingerprint density at radius 1 is 1.12 bits per heavy atom. The molecular weight excluding hydrogens is 325 g/mol. The highest BCUT2D eigenvalue weighted by Crippen LogP contribution is 2.34. The zero-order valence-electron chi connectivity index (χ0n) is 13.4. The maximum atomic E-state index is 13.3. The number of carbonyl (C=O) groups is 2. The molecule has 0 bridgehead atoms. The normalized spacial score (nSPS) is 18.9. The number of carbonyl (C=O) groups excluding carboxylic acids is 1. The molecule has 0 aromatic heterocycles. The van der Waals surface area contributed by atoms with E-state index < -0.39 is 23.6 Å². The van der Waals surface area contributed by atoms with Crippen LogP contribution in [0.2, 0.25) is 0 Å². The lowest BCUT2D eigenvalue weighted by Gasteiger charge is -2.32. The Kier molecular flexibility index (Phi) is 4.97. The molecule has 1 amide bonds. The van der Waals surface area contributed by atoms with Gasteiger partial charge in [-0.3, -0.25) is 9.59 Å². The third kappa shape index (κ3) is 3.96. The van der Waals surface area contributed by atoms with E-state index in [4.69, 9.17) is 9.84 Å². The van der Waals surface area contributed by atoms with Crippen LogP contribution in [-0.2, 0) is 16.1 Å². The Balaban J connectivity index is 1.65. The van der Waals surface area contributed by atoms with Crippen LogP contribution in [0, 0.1) is 17.7 Å². The van der Waals surface area contributed by atoms with Gasteiger partial charge in [-0.25, -0.2) is 4.39 Å². The average Bonchev–Trinajstić information content (AvgIpc) is 2.52. The van der Waals surface area contributed by atoms with Crippen molar-refractivity contribution in [2.75, 3.05) is 0 Å². The minimum absolute atomic E-state index is 0.215. The van der Waals surface area contributed by atoms with Crippen LogP contribution in [0.5, 0.6) is 11.5 Å². The number of halogens is 1. The van der Waals surface area contributed by atoms with Crippen molar-refractivity contribution in [2.45, 2.75) is 19.4 Å². The highest BCUT2D eigenvalue weighted by molar-refractivity contribution is 5.86. The Morgan fingerprint density at radius 2 is 1.88 bits per heavy atom. The molecule has 1 saturated carbocycles. The molecule has 2 atom stereocenters. The minimum Gasteiger partial charge on any atom is -0.481 e. The van der Waals surface area contributed by atoms with Crippen LogP contribution in [-0.4, -0.2) is 17.0 Å². The molecule has 0 radical (unpaired) electrons. The van der Waals surface area contributed by atoms with E-state index >= 15 is 0 Å². The summed E-state index contributed by atoms with van der Waals surface area (Å²) in [6.07, 6.45) is 1.12. The number of nitrogens with one attached hydrogen (secondary N) is 1. The van der Waals surface area contributed by atoms with Gasteiger partial charge in [-0.2, -0.15) is 0 Å². The number of carboxylic acids is 1. The lowest BCUT2D eigenvalue weighted by atomic mass is 9.73. The van der Waals surface area contributed by atoms with Gasteiger partial charge in [-0.05, 0) is 31.0 Å². The molecule has 2 N–H and O–H groups in total. The Bertz CT molecular complexity index is 792. The Morgan fingerprint density at radius 3 is 2.56 bits per heavy atom. The molecule has 0 unspecified atom stereocenters. The first-order chi connectivity index (χ1) is 12.0. The number of ether oxygens (including phenoxy) is 1. The predicted octanol–water partition coefficient (Wildman–Crippen LogP) is 3.35. The van der Waals surface area contributed by atoms with E-state index in [1.165, 1.54) is 12.1 Å². The zero-order chi connectivity index (χ0) is 17.8. The monoisotopic (exact) mass is 343 g/mol. The first kappa shape index (κ1) is 17.0. The van der Waals surface area contributed by atoms with E-state index in [0.717, 1.165) is 5.56 Å². The smallest absolute Gasteiger partial charge is 0.307 e. The number of aliphatic carboxylic acids is 1. The molecule has 0 heterocycles. The van der Waals surface area contributed by atoms with Crippen molar-refractivity contribution in [2.24, 2.45) is 11.8 Å². The third-order valence-electron chi connectivity index (χ3n) is 4.38. The molecule has 6 heteroatoms. The van der Waals surface area contributed by atoms with Crippen LogP contribution < -0.4 is 10.1 Å². The van der Waals surface area contributed by atoms with E-state index in [2.05, 4.69) is 5.32 Å². The van der Waals surface area contributed by atoms with Gasteiger partial charge in [0.1, 0.15) is 17.3 Å². The fraction of sp³-hybridized carbons (Fsp3) is 0.263. The summed E-state index contributed by atoms with van der Waals surface area (Å²) in [5.41, 5.74) is 0.728. The first-order valence-corrected chi connectivity index (χ1v) is 8.06. The van der Waals surface area contributed by atoms with Gasteiger partial charge in [0, 0.05) is 18.2 Å². The van der Waals surface area contributed by atoms with E-state index in [1.54, 1.807) is 30.3 Å². The van der Waals surface area contributed by atoms with Crippen molar-refractivity contribution in [3.8, 4) is 11.5 Å². The summed E-state index contributed by atoms with van der Waals surface area (Å²) in [5, 5.41) is 11.8. The molecule has 0 saturated heterocycles. The number of amides is 1.